The zero-order valence-corrected chi connectivity index (χ0v) is 15.2. The predicted molar refractivity (Wildman–Crippen MR) is 105 cm³/mol. The Morgan fingerprint density at radius 2 is 1.96 bits per heavy atom. The van der Waals surface area contributed by atoms with Crippen molar-refractivity contribution in [2.75, 3.05) is 7.11 Å². The van der Waals surface area contributed by atoms with Gasteiger partial charge >= 0.3 is 0 Å². The Morgan fingerprint density at radius 1 is 1.15 bits per heavy atom. The van der Waals surface area contributed by atoms with Crippen LogP contribution in [-0.4, -0.2) is 27.8 Å². The predicted octanol–water partition coefficient (Wildman–Crippen LogP) is 3.51. The number of H-pyrrole nitrogens is 1. The van der Waals surface area contributed by atoms with Crippen molar-refractivity contribution in [1.29, 1.82) is 0 Å². The summed E-state index contributed by atoms with van der Waals surface area (Å²) in [6.07, 6.45) is 0. The van der Waals surface area contributed by atoms with Gasteiger partial charge in [-0.25, -0.2) is 0 Å². The van der Waals surface area contributed by atoms with Crippen LogP contribution in [0.5, 0.6) is 5.75 Å². The van der Waals surface area contributed by atoms with Crippen molar-refractivity contribution in [2.45, 2.75) is 6.54 Å². The molecule has 4 rings (SSSR count). The number of aromatic amines is 1. The van der Waals surface area contributed by atoms with Gasteiger partial charge in [-0.1, -0.05) is 30.3 Å². The molecule has 2 aromatic heterocycles. The Balaban J connectivity index is 1.49. The molecule has 0 saturated heterocycles. The van der Waals surface area contributed by atoms with Crippen LogP contribution < -0.4 is 10.1 Å². The maximum absolute atomic E-state index is 12.6. The third-order valence-corrected chi connectivity index (χ3v) is 4.62. The zero-order valence-electron chi connectivity index (χ0n) is 15.2. The molecule has 0 aliphatic heterocycles. The number of benzene rings is 2. The van der Waals surface area contributed by atoms with Crippen LogP contribution in [0.4, 0.5) is 0 Å². The van der Waals surface area contributed by atoms with E-state index in [9.17, 15) is 4.79 Å². The van der Waals surface area contributed by atoms with Crippen molar-refractivity contribution in [3.8, 4) is 17.0 Å². The molecule has 136 valence electrons. The van der Waals surface area contributed by atoms with Crippen molar-refractivity contribution < 1.29 is 9.53 Å². The molecule has 27 heavy (non-hydrogen) atoms. The molecule has 4 aromatic rings. The van der Waals surface area contributed by atoms with E-state index < -0.39 is 0 Å². The van der Waals surface area contributed by atoms with Gasteiger partial charge in [-0.2, -0.15) is 5.10 Å². The molecule has 0 radical (unpaired) electrons. The molecular formula is C21H20N4O2. The summed E-state index contributed by atoms with van der Waals surface area (Å²) in [5.74, 6) is 0.634. The third-order valence-electron chi connectivity index (χ3n) is 4.62. The summed E-state index contributed by atoms with van der Waals surface area (Å²) in [6.45, 7) is 0.378. The van der Waals surface area contributed by atoms with E-state index in [1.807, 2.05) is 72.3 Å². The molecular weight excluding hydrogens is 340 g/mol. The lowest BCUT2D eigenvalue weighted by Gasteiger charge is -2.05. The number of aryl methyl sites for hydroxylation is 1. The Morgan fingerprint density at radius 3 is 2.74 bits per heavy atom. The molecule has 2 N–H and O–H groups in total. The minimum atomic E-state index is -0.136. The molecule has 0 spiro atoms. The van der Waals surface area contributed by atoms with E-state index in [2.05, 4.69) is 15.5 Å². The summed E-state index contributed by atoms with van der Waals surface area (Å²) in [5, 5.41) is 11.2. The molecule has 0 atom stereocenters. The summed E-state index contributed by atoms with van der Waals surface area (Å²) in [5.41, 5.74) is 4.32. The molecule has 2 aromatic carbocycles. The summed E-state index contributed by atoms with van der Waals surface area (Å²) in [4.78, 5) is 12.6. The fourth-order valence-corrected chi connectivity index (χ4v) is 3.15. The molecule has 6 heteroatoms. The lowest BCUT2D eigenvalue weighted by Crippen LogP contribution is -2.25. The normalized spacial score (nSPS) is 10.9. The van der Waals surface area contributed by atoms with Crippen LogP contribution in [0.3, 0.4) is 0 Å². The van der Waals surface area contributed by atoms with Gasteiger partial charge in [0.1, 0.15) is 11.4 Å². The highest BCUT2D eigenvalue weighted by atomic mass is 16.5. The number of nitrogens with one attached hydrogen (secondary N) is 2. The smallest absolute Gasteiger partial charge is 0.268 e. The van der Waals surface area contributed by atoms with Gasteiger partial charge in [-0.15, -0.1) is 0 Å². The molecule has 0 fully saturated rings. The number of carbonyl (C=O) groups excluding carboxylic acids is 1. The average molecular weight is 360 g/mol. The van der Waals surface area contributed by atoms with E-state index >= 15 is 0 Å². The van der Waals surface area contributed by atoms with Gasteiger partial charge in [0.05, 0.1) is 25.0 Å². The largest absolute Gasteiger partial charge is 0.497 e. The fraction of sp³-hybridized carbons (Fsp3) is 0.143. The fourth-order valence-electron chi connectivity index (χ4n) is 3.15. The van der Waals surface area contributed by atoms with Gasteiger partial charge < -0.3 is 14.6 Å². The van der Waals surface area contributed by atoms with Crippen LogP contribution in [-0.2, 0) is 13.6 Å². The summed E-state index contributed by atoms with van der Waals surface area (Å²) in [7, 11) is 3.51. The molecule has 0 aliphatic carbocycles. The van der Waals surface area contributed by atoms with Crippen molar-refractivity contribution >= 4 is 16.8 Å². The lowest BCUT2D eigenvalue weighted by atomic mass is 10.1. The molecule has 0 saturated carbocycles. The number of aromatic nitrogens is 3. The zero-order chi connectivity index (χ0) is 18.8. The van der Waals surface area contributed by atoms with Gasteiger partial charge in [0, 0.05) is 23.5 Å². The summed E-state index contributed by atoms with van der Waals surface area (Å²) in [6, 6.07) is 19.5. The number of methoxy groups -OCH3 is 1. The Hall–Kier alpha value is -3.54. The Bertz CT molecular complexity index is 1100. The highest BCUT2D eigenvalue weighted by molar-refractivity contribution is 5.99. The van der Waals surface area contributed by atoms with E-state index in [0.29, 0.717) is 12.2 Å². The number of hydrogen-bond donors (Lipinski definition) is 2. The van der Waals surface area contributed by atoms with Crippen molar-refractivity contribution in [3.63, 3.8) is 0 Å². The minimum absolute atomic E-state index is 0.136. The molecule has 1 amide bonds. The van der Waals surface area contributed by atoms with Crippen molar-refractivity contribution in [1.82, 2.24) is 20.1 Å². The highest BCUT2D eigenvalue weighted by Crippen LogP contribution is 2.24. The number of nitrogens with zero attached hydrogens (tertiary/aromatic N) is 2. The second-order valence-electron chi connectivity index (χ2n) is 6.34. The number of carbonyl (C=O) groups is 1. The van der Waals surface area contributed by atoms with Crippen LogP contribution in [0.2, 0.25) is 0 Å². The van der Waals surface area contributed by atoms with E-state index in [-0.39, 0.29) is 5.91 Å². The van der Waals surface area contributed by atoms with Gasteiger partial charge in [-0.3, -0.25) is 9.89 Å². The van der Waals surface area contributed by atoms with Crippen LogP contribution >= 0.6 is 0 Å². The van der Waals surface area contributed by atoms with Crippen LogP contribution in [0.25, 0.3) is 22.2 Å². The lowest BCUT2D eigenvalue weighted by molar-refractivity contribution is 0.0942. The van der Waals surface area contributed by atoms with Crippen LogP contribution in [0, 0.1) is 0 Å². The highest BCUT2D eigenvalue weighted by Gasteiger charge is 2.14. The molecule has 0 unspecified atom stereocenters. The molecule has 0 bridgehead atoms. The van der Waals surface area contributed by atoms with Crippen molar-refractivity contribution in [3.05, 3.63) is 72.1 Å². The van der Waals surface area contributed by atoms with Gasteiger partial charge in [0.15, 0.2) is 0 Å². The van der Waals surface area contributed by atoms with Gasteiger partial charge in [0.2, 0.25) is 0 Å². The number of fused-ring (bicyclic) bond motifs is 1. The van der Waals surface area contributed by atoms with Gasteiger partial charge in [0.25, 0.3) is 5.91 Å². The van der Waals surface area contributed by atoms with Crippen molar-refractivity contribution in [2.24, 2.45) is 7.05 Å². The maximum Gasteiger partial charge on any atom is 0.268 e. The Kier molecular flexibility index (Phi) is 4.38. The number of ether oxygens (including phenoxy) is 1. The standard InChI is InChI=1S/C21H20N4O2/c1-25-19-9-8-17(27-2)10-15(19)11-20(25)21(26)22-13-16-12-18(24-23-16)14-6-4-3-5-7-14/h3-12H,13H2,1-2H3,(H,22,26)(H,23,24). The number of rotatable bonds is 5. The Labute approximate surface area is 156 Å². The van der Waals surface area contributed by atoms with Crippen LogP contribution in [0.1, 0.15) is 16.2 Å². The maximum atomic E-state index is 12.6. The van der Waals surface area contributed by atoms with Gasteiger partial charge in [-0.05, 0) is 30.3 Å². The topological polar surface area (TPSA) is 71.9 Å². The first-order chi connectivity index (χ1) is 13.2. The van der Waals surface area contributed by atoms with E-state index in [0.717, 1.165) is 33.6 Å². The third kappa shape index (κ3) is 3.29. The summed E-state index contributed by atoms with van der Waals surface area (Å²) >= 11 is 0. The second kappa shape index (κ2) is 6.99. The second-order valence-corrected chi connectivity index (χ2v) is 6.34. The van der Waals surface area contributed by atoms with E-state index in [1.54, 1.807) is 7.11 Å². The SMILES string of the molecule is COc1ccc2c(c1)cc(C(=O)NCc1cc(-c3ccccc3)n[nH]1)n2C. The molecule has 2 heterocycles. The number of amides is 1. The van der Waals surface area contributed by atoms with E-state index in [1.165, 1.54) is 0 Å². The van der Waals surface area contributed by atoms with E-state index in [4.69, 9.17) is 4.74 Å². The van der Waals surface area contributed by atoms with Crippen LogP contribution in [0.15, 0.2) is 60.7 Å². The summed E-state index contributed by atoms with van der Waals surface area (Å²) < 4.78 is 7.14. The molecule has 0 aliphatic rings. The number of hydrogen-bond acceptors (Lipinski definition) is 3. The minimum Gasteiger partial charge on any atom is -0.497 e. The first-order valence-electron chi connectivity index (χ1n) is 8.67. The first kappa shape index (κ1) is 16.9. The first-order valence-corrected chi connectivity index (χ1v) is 8.67. The monoisotopic (exact) mass is 360 g/mol. The average Bonchev–Trinajstić information content (AvgIpc) is 3.31. The quantitative estimate of drug-likeness (QED) is 0.572. The molecule has 6 nitrogen and oxygen atoms in total.